The first-order chi connectivity index (χ1) is 10.9. The van der Waals surface area contributed by atoms with Crippen LogP contribution in [0.15, 0.2) is 18.2 Å². The fraction of sp³-hybridized carbons (Fsp3) is 0.611. The molecule has 2 aliphatic heterocycles. The Morgan fingerprint density at radius 2 is 2.17 bits per heavy atom. The lowest BCUT2D eigenvalue weighted by Crippen LogP contribution is -2.48. The van der Waals surface area contributed by atoms with Crippen LogP contribution in [0.2, 0.25) is 0 Å². The van der Waals surface area contributed by atoms with Gasteiger partial charge in [-0.3, -0.25) is 9.69 Å². The molecule has 0 radical (unpaired) electrons. The number of rotatable bonds is 3. The number of carbonyl (C=O) groups is 1. The minimum atomic E-state index is -0.119. The molecule has 0 saturated carbocycles. The molecule has 3 atom stereocenters. The van der Waals surface area contributed by atoms with Crippen molar-refractivity contribution in [2.45, 2.75) is 45.4 Å². The summed E-state index contributed by atoms with van der Waals surface area (Å²) in [6.07, 6.45) is 1.21. The van der Waals surface area contributed by atoms with E-state index < -0.39 is 0 Å². The van der Waals surface area contributed by atoms with Crippen LogP contribution in [-0.2, 0) is 4.74 Å². The molecule has 1 aromatic rings. The minimum Gasteiger partial charge on any atom is -0.508 e. The predicted molar refractivity (Wildman–Crippen MR) is 88.7 cm³/mol. The van der Waals surface area contributed by atoms with E-state index in [1.54, 1.807) is 12.1 Å². The Morgan fingerprint density at radius 3 is 2.87 bits per heavy atom. The zero-order valence-electron chi connectivity index (χ0n) is 14.1. The number of morpholine rings is 1. The summed E-state index contributed by atoms with van der Waals surface area (Å²) < 4.78 is 5.93. The third-order valence-electron chi connectivity index (χ3n) is 5.00. The van der Waals surface area contributed by atoms with Crippen molar-refractivity contribution in [2.75, 3.05) is 19.7 Å². The van der Waals surface area contributed by atoms with Crippen molar-refractivity contribution < 1.29 is 14.6 Å². The van der Waals surface area contributed by atoms with E-state index in [0.717, 1.165) is 31.7 Å². The second-order valence-corrected chi connectivity index (χ2v) is 7.13. The highest BCUT2D eigenvalue weighted by Crippen LogP contribution is 2.26. The number of aromatic hydroxyl groups is 1. The van der Waals surface area contributed by atoms with Crippen molar-refractivity contribution in [3.63, 3.8) is 0 Å². The summed E-state index contributed by atoms with van der Waals surface area (Å²) in [6.45, 7) is 8.76. The molecule has 1 amide bonds. The van der Waals surface area contributed by atoms with Crippen LogP contribution in [0.25, 0.3) is 0 Å². The van der Waals surface area contributed by atoms with Crippen molar-refractivity contribution in [3.8, 4) is 5.75 Å². The lowest BCUT2D eigenvalue weighted by molar-refractivity contribution is -0.0683. The molecule has 126 valence electrons. The number of fused-ring (bicyclic) bond motifs is 1. The molecule has 0 bridgehead atoms. The van der Waals surface area contributed by atoms with Gasteiger partial charge in [0.1, 0.15) is 5.75 Å². The van der Waals surface area contributed by atoms with Gasteiger partial charge in [0.15, 0.2) is 0 Å². The zero-order valence-corrected chi connectivity index (χ0v) is 14.1. The molecule has 0 aliphatic carbocycles. The number of ether oxygens (including phenoxy) is 1. The van der Waals surface area contributed by atoms with Gasteiger partial charge in [-0.1, -0.05) is 19.9 Å². The van der Waals surface area contributed by atoms with Crippen molar-refractivity contribution in [1.29, 1.82) is 0 Å². The molecule has 2 fully saturated rings. The first-order valence-corrected chi connectivity index (χ1v) is 8.40. The predicted octanol–water partition coefficient (Wildman–Crippen LogP) is 1.93. The molecular weight excluding hydrogens is 292 g/mol. The minimum absolute atomic E-state index is 0.119. The molecule has 1 aromatic carbocycles. The van der Waals surface area contributed by atoms with Gasteiger partial charge < -0.3 is 15.2 Å². The smallest absolute Gasteiger partial charge is 0.251 e. The van der Waals surface area contributed by atoms with Gasteiger partial charge in [-0.05, 0) is 37.0 Å². The summed E-state index contributed by atoms with van der Waals surface area (Å²) in [6, 6.07) is 5.60. The van der Waals surface area contributed by atoms with Gasteiger partial charge in [0.2, 0.25) is 0 Å². The lowest BCUT2D eigenvalue weighted by Gasteiger charge is -2.36. The zero-order chi connectivity index (χ0) is 16.6. The molecule has 2 saturated heterocycles. The van der Waals surface area contributed by atoms with E-state index in [4.69, 9.17) is 4.74 Å². The number of aryl methyl sites for hydroxylation is 1. The van der Waals surface area contributed by atoms with E-state index in [1.165, 1.54) is 6.07 Å². The van der Waals surface area contributed by atoms with Crippen LogP contribution in [0.4, 0.5) is 0 Å². The Labute approximate surface area is 137 Å². The molecule has 0 spiro atoms. The Morgan fingerprint density at radius 1 is 1.39 bits per heavy atom. The van der Waals surface area contributed by atoms with Crippen LogP contribution < -0.4 is 5.32 Å². The normalized spacial score (nSPS) is 27.9. The monoisotopic (exact) mass is 318 g/mol. The fourth-order valence-electron chi connectivity index (χ4n) is 3.43. The number of phenolic OH excluding ortho intramolecular Hbond substituents is 1. The summed E-state index contributed by atoms with van der Waals surface area (Å²) in [5.41, 5.74) is 1.28. The molecule has 3 rings (SSSR count). The van der Waals surface area contributed by atoms with E-state index in [0.29, 0.717) is 17.5 Å². The molecule has 23 heavy (non-hydrogen) atoms. The molecule has 2 N–H and O–H groups in total. The van der Waals surface area contributed by atoms with Gasteiger partial charge >= 0.3 is 0 Å². The average Bonchev–Trinajstić information content (AvgIpc) is 2.90. The topological polar surface area (TPSA) is 61.8 Å². The summed E-state index contributed by atoms with van der Waals surface area (Å²) in [5.74, 6) is 0.557. The fourth-order valence-corrected chi connectivity index (χ4v) is 3.43. The van der Waals surface area contributed by atoms with E-state index >= 15 is 0 Å². The van der Waals surface area contributed by atoms with Gasteiger partial charge in [-0.25, -0.2) is 0 Å². The highest BCUT2D eigenvalue weighted by atomic mass is 16.5. The Kier molecular flexibility index (Phi) is 4.60. The largest absolute Gasteiger partial charge is 0.508 e. The van der Waals surface area contributed by atoms with E-state index in [2.05, 4.69) is 24.1 Å². The average molecular weight is 318 g/mol. The summed E-state index contributed by atoms with van der Waals surface area (Å²) in [7, 11) is 0. The van der Waals surface area contributed by atoms with Crippen LogP contribution in [0.1, 0.15) is 36.2 Å². The molecule has 2 heterocycles. The Hall–Kier alpha value is -1.59. The van der Waals surface area contributed by atoms with Gasteiger partial charge in [0.05, 0.1) is 12.7 Å². The van der Waals surface area contributed by atoms with Crippen LogP contribution in [0.5, 0.6) is 5.75 Å². The number of amides is 1. The second kappa shape index (κ2) is 6.49. The molecule has 5 nitrogen and oxygen atoms in total. The number of nitrogens with one attached hydrogen (secondary N) is 1. The number of hydrogen-bond donors (Lipinski definition) is 2. The van der Waals surface area contributed by atoms with Crippen molar-refractivity contribution in [1.82, 2.24) is 10.2 Å². The summed E-state index contributed by atoms with van der Waals surface area (Å²) in [5, 5.41) is 12.8. The lowest BCUT2D eigenvalue weighted by atomic mass is 10.0. The van der Waals surface area contributed by atoms with Crippen molar-refractivity contribution in [3.05, 3.63) is 29.3 Å². The van der Waals surface area contributed by atoms with Gasteiger partial charge in [-0.2, -0.15) is 0 Å². The maximum Gasteiger partial charge on any atom is 0.251 e. The molecular formula is C18H26N2O3. The van der Waals surface area contributed by atoms with Gasteiger partial charge in [0.25, 0.3) is 5.91 Å². The number of carbonyl (C=O) groups excluding carboxylic acids is 1. The highest BCUT2D eigenvalue weighted by molar-refractivity contribution is 5.94. The van der Waals surface area contributed by atoms with E-state index in [9.17, 15) is 9.90 Å². The standard InChI is InChI=1S/C18H26N2O3/c1-11(2)17-9-20-8-14(7-15(20)10-23-17)19-18(22)13-5-4-12(3)16(21)6-13/h4-6,11,14-15,17,21H,7-10H2,1-3H3,(H,19,22)/t14-,15+,17+/m1/s1. The van der Waals surface area contributed by atoms with Crippen LogP contribution >= 0.6 is 0 Å². The number of phenols is 1. The first kappa shape index (κ1) is 16.3. The first-order valence-electron chi connectivity index (χ1n) is 8.40. The Balaban J connectivity index is 1.59. The third kappa shape index (κ3) is 3.51. The highest BCUT2D eigenvalue weighted by Gasteiger charge is 2.38. The second-order valence-electron chi connectivity index (χ2n) is 7.13. The molecule has 2 aliphatic rings. The van der Waals surface area contributed by atoms with Crippen molar-refractivity contribution in [2.24, 2.45) is 5.92 Å². The van der Waals surface area contributed by atoms with Crippen molar-refractivity contribution >= 4 is 5.91 Å². The number of nitrogens with zero attached hydrogens (tertiary/aromatic N) is 1. The van der Waals surface area contributed by atoms with Gasteiger partial charge in [0, 0.05) is 30.7 Å². The number of benzene rings is 1. The Bertz CT molecular complexity index is 588. The molecule has 0 aromatic heterocycles. The maximum absolute atomic E-state index is 12.4. The molecule has 5 heteroatoms. The maximum atomic E-state index is 12.4. The quantitative estimate of drug-likeness (QED) is 0.894. The van der Waals surface area contributed by atoms with Crippen LogP contribution in [-0.4, -0.2) is 53.8 Å². The van der Waals surface area contributed by atoms with Crippen LogP contribution in [0.3, 0.4) is 0 Å². The summed E-state index contributed by atoms with van der Waals surface area (Å²) >= 11 is 0. The van der Waals surface area contributed by atoms with Gasteiger partial charge in [-0.15, -0.1) is 0 Å². The summed E-state index contributed by atoms with van der Waals surface area (Å²) in [4.78, 5) is 14.8. The number of hydrogen-bond acceptors (Lipinski definition) is 4. The molecule has 0 unspecified atom stereocenters. The van der Waals surface area contributed by atoms with E-state index in [-0.39, 0.29) is 23.8 Å². The third-order valence-corrected chi connectivity index (χ3v) is 5.00. The van der Waals surface area contributed by atoms with Crippen LogP contribution in [0, 0.1) is 12.8 Å². The SMILES string of the molecule is Cc1ccc(C(=O)N[C@@H]2C[C@H]3CO[C@H](C(C)C)CN3C2)cc1O. The van der Waals surface area contributed by atoms with E-state index in [1.807, 2.05) is 6.92 Å².